The minimum absolute atomic E-state index is 0.260. The highest BCUT2D eigenvalue weighted by Crippen LogP contribution is 2.33. The molecule has 0 aliphatic heterocycles. The van der Waals surface area contributed by atoms with E-state index in [1.165, 1.54) is 0 Å². The third-order valence-electron chi connectivity index (χ3n) is 2.80. The van der Waals surface area contributed by atoms with Crippen LogP contribution in [0.3, 0.4) is 0 Å². The van der Waals surface area contributed by atoms with Crippen LogP contribution < -0.4 is 20.7 Å². The molecule has 0 fully saturated rings. The van der Waals surface area contributed by atoms with Crippen LogP contribution in [0.4, 0.5) is 0 Å². The summed E-state index contributed by atoms with van der Waals surface area (Å²) in [5, 5.41) is 0. The largest absolute Gasteiger partial charge is 0.493 e. The van der Waals surface area contributed by atoms with Crippen molar-refractivity contribution in [3.63, 3.8) is 0 Å². The SMILES string of the molecule is COc1ccc(C(C)(C)C(=O)NN)cc1OC. The molecule has 5 nitrogen and oxygen atoms in total. The van der Waals surface area contributed by atoms with Crippen molar-refractivity contribution in [2.75, 3.05) is 14.2 Å². The summed E-state index contributed by atoms with van der Waals surface area (Å²) in [6.45, 7) is 3.58. The molecule has 0 aromatic heterocycles. The topological polar surface area (TPSA) is 73.6 Å². The van der Waals surface area contributed by atoms with E-state index in [-0.39, 0.29) is 5.91 Å². The monoisotopic (exact) mass is 238 g/mol. The Bertz CT molecular complexity index is 416. The van der Waals surface area contributed by atoms with Crippen LogP contribution in [0.1, 0.15) is 19.4 Å². The molecular formula is C12H18N2O3. The number of hydrogen-bond donors (Lipinski definition) is 2. The fourth-order valence-electron chi connectivity index (χ4n) is 1.54. The van der Waals surface area contributed by atoms with Crippen LogP contribution in [0.5, 0.6) is 11.5 Å². The number of hydrazine groups is 1. The summed E-state index contributed by atoms with van der Waals surface area (Å²) in [5.41, 5.74) is 2.23. The molecule has 0 atom stereocenters. The van der Waals surface area contributed by atoms with Crippen LogP contribution in [-0.2, 0) is 10.2 Å². The van der Waals surface area contributed by atoms with E-state index in [2.05, 4.69) is 5.43 Å². The normalized spacial score (nSPS) is 10.9. The minimum atomic E-state index is -0.728. The number of ether oxygens (including phenoxy) is 2. The fourth-order valence-corrected chi connectivity index (χ4v) is 1.54. The molecule has 0 heterocycles. The van der Waals surface area contributed by atoms with E-state index >= 15 is 0 Å². The lowest BCUT2D eigenvalue weighted by molar-refractivity contribution is -0.125. The van der Waals surface area contributed by atoms with Crippen LogP contribution in [-0.4, -0.2) is 20.1 Å². The number of hydrogen-bond acceptors (Lipinski definition) is 4. The number of carbonyl (C=O) groups excluding carboxylic acids is 1. The predicted molar refractivity (Wildman–Crippen MR) is 64.9 cm³/mol. The van der Waals surface area contributed by atoms with E-state index in [1.54, 1.807) is 40.2 Å². The molecule has 1 rings (SSSR count). The first-order chi connectivity index (χ1) is 7.97. The molecule has 0 radical (unpaired) electrons. The third kappa shape index (κ3) is 2.50. The molecule has 0 saturated heterocycles. The van der Waals surface area contributed by atoms with Crippen molar-refractivity contribution < 1.29 is 14.3 Å². The molecule has 1 aromatic rings. The highest BCUT2D eigenvalue weighted by Gasteiger charge is 2.30. The summed E-state index contributed by atoms with van der Waals surface area (Å²) < 4.78 is 10.3. The number of carbonyl (C=O) groups is 1. The maximum absolute atomic E-state index is 11.7. The van der Waals surface area contributed by atoms with Gasteiger partial charge in [0.25, 0.3) is 0 Å². The number of benzene rings is 1. The summed E-state index contributed by atoms with van der Waals surface area (Å²) in [5.74, 6) is 6.12. The zero-order valence-electron chi connectivity index (χ0n) is 10.5. The summed E-state index contributed by atoms with van der Waals surface area (Å²) in [6.07, 6.45) is 0. The molecule has 1 aromatic carbocycles. The van der Waals surface area contributed by atoms with Gasteiger partial charge in [0.2, 0.25) is 5.91 Å². The lowest BCUT2D eigenvalue weighted by Crippen LogP contribution is -2.43. The first kappa shape index (κ1) is 13.3. The van der Waals surface area contributed by atoms with Crippen molar-refractivity contribution in [2.24, 2.45) is 5.84 Å². The summed E-state index contributed by atoms with van der Waals surface area (Å²) >= 11 is 0. The highest BCUT2D eigenvalue weighted by molar-refractivity contribution is 5.87. The lowest BCUT2D eigenvalue weighted by Gasteiger charge is -2.23. The van der Waals surface area contributed by atoms with Gasteiger partial charge in [0, 0.05) is 0 Å². The van der Waals surface area contributed by atoms with Crippen molar-refractivity contribution in [2.45, 2.75) is 19.3 Å². The van der Waals surface area contributed by atoms with Crippen LogP contribution in [0.15, 0.2) is 18.2 Å². The van der Waals surface area contributed by atoms with Gasteiger partial charge in [-0.05, 0) is 31.5 Å². The second-order valence-corrected chi connectivity index (χ2v) is 4.17. The second-order valence-electron chi connectivity index (χ2n) is 4.17. The maximum Gasteiger partial charge on any atom is 0.243 e. The Morgan fingerprint density at radius 3 is 2.29 bits per heavy atom. The average Bonchev–Trinajstić information content (AvgIpc) is 2.36. The second kappa shape index (κ2) is 5.05. The Kier molecular flexibility index (Phi) is 3.96. The molecule has 0 bridgehead atoms. The van der Waals surface area contributed by atoms with Crippen molar-refractivity contribution in [3.05, 3.63) is 23.8 Å². The van der Waals surface area contributed by atoms with E-state index in [1.807, 2.05) is 6.07 Å². The standard InChI is InChI=1S/C12H18N2O3/c1-12(2,11(15)14-13)8-5-6-9(16-3)10(7-8)17-4/h5-7H,13H2,1-4H3,(H,14,15). The van der Waals surface area contributed by atoms with Gasteiger partial charge in [-0.15, -0.1) is 0 Å². The molecule has 0 saturated carbocycles. The Hall–Kier alpha value is -1.75. The Morgan fingerprint density at radius 1 is 1.24 bits per heavy atom. The number of rotatable bonds is 4. The smallest absolute Gasteiger partial charge is 0.243 e. The molecule has 5 heteroatoms. The van der Waals surface area contributed by atoms with Gasteiger partial charge < -0.3 is 9.47 Å². The third-order valence-corrected chi connectivity index (χ3v) is 2.80. The summed E-state index contributed by atoms with van der Waals surface area (Å²) in [6, 6.07) is 5.35. The van der Waals surface area contributed by atoms with E-state index in [0.717, 1.165) is 5.56 Å². The van der Waals surface area contributed by atoms with E-state index < -0.39 is 5.41 Å². The van der Waals surface area contributed by atoms with Crippen LogP contribution >= 0.6 is 0 Å². The van der Waals surface area contributed by atoms with Crippen LogP contribution in [0.2, 0.25) is 0 Å². The molecule has 17 heavy (non-hydrogen) atoms. The molecule has 0 aliphatic rings. The van der Waals surface area contributed by atoms with Crippen molar-refractivity contribution in [3.8, 4) is 11.5 Å². The summed E-state index contributed by atoms with van der Waals surface area (Å²) in [7, 11) is 3.12. The minimum Gasteiger partial charge on any atom is -0.493 e. The number of nitrogens with two attached hydrogens (primary N) is 1. The number of methoxy groups -OCH3 is 2. The number of amides is 1. The molecule has 0 unspecified atom stereocenters. The van der Waals surface area contributed by atoms with E-state index in [0.29, 0.717) is 11.5 Å². The quantitative estimate of drug-likeness (QED) is 0.466. The van der Waals surface area contributed by atoms with Gasteiger partial charge in [-0.25, -0.2) is 5.84 Å². The van der Waals surface area contributed by atoms with Gasteiger partial charge in [0.15, 0.2) is 11.5 Å². The Balaban J connectivity index is 3.19. The van der Waals surface area contributed by atoms with Gasteiger partial charge >= 0.3 is 0 Å². The van der Waals surface area contributed by atoms with Gasteiger partial charge in [0.05, 0.1) is 19.6 Å². The zero-order valence-corrected chi connectivity index (χ0v) is 10.5. The van der Waals surface area contributed by atoms with Crippen LogP contribution in [0, 0.1) is 0 Å². The predicted octanol–water partition coefficient (Wildman–Crippen LogP) is 0.971. The van der Waals surface area contributed by atoms with Gasteiger partial charge in [-0.3, -0.25) is 10.2 Å². The first-order valence-electron chi connectivity index (χ1n) is 5.21. The molecule has 94 valence electrons. The first-order valence-corrected chi connectivity index (χ1v) is 5.21. The lowest BCUT2D eigenvalue weighted by atomic mass is 9.84. The molecular weight excluding hydrogens is 220 g/mol. The maximum atomic E-state index is 11.7. The van der Waals surface area contributed by atoms with E-state index in [4.69, 9.17) is 15.3 Å². The molecule has 0 spiro atoms. The number of nitrogens with one attached hydrogen (secondary N) is 1. The Labute approximate surface area is 101 Å². The highest BCUT2D eigenvalue weighted by atomic mass is 16.5. The van der Waals surface area contributed by atoms with Crippen molar-refractivity contribution in [1.29, 1.82) is 0 Å². The van der Waals surface area contributed by atoms with Gasteiger partial charge in [-0.1, -0.05) is 6.07 Å². The Morgan fingerprint density at radius 2 is 1.82 bits per heavy atom. The zero-order chi connectivity index (χ0) is 13.1. The molecule has 3 N–H and O–H groups in total. The fraction of sp³-hybridized carbons (Fsp3) is 0.417. The average molecular weight is 238 g/mol. The van der Waals surface area contributed by atoms with Gasteiger partial charge in [-0.2, -0.15) is 0 Å². The van der Waals surface area contributed by atoms with Crippen molar-refractivity contribution in [1.82, 2.24) is 5.43 Å². The molecule has 1 amide bonds. The van der Waals surface area contributed by atoms with Gasteiger partial charge in [0.1, 0.15) is 0 Å². The van der Waals surface area contributed by atoms with E-state index in [9.17, 15) is 4.79 Å². The van der Waals surface area contributed by atoms with Crippen molar-refractivity contribution >= 4 is 5.91 Å². The van der Waals surface area contributed by atoms with Crippen LogP contribution in [0.25, 0.3) is 0 Å². The summed E-state index contributed by atoms with van der Waals surface area (Å²) in [4.78, 5) is 11.7. The molecule has 0 aliphatic carbocycles.